The maximum absolute atomic E-state index is 7.05. The van der Waals surface area contributed by atoms with Crippen LogP contribution in [-0.2, 0) is 27.1 Å². The van der Waals surface area contributed by atoms with Gasteiger partial charge in [-0.3, -0.25) is 0 Å². The zero-order chi connectivity index (χ0) is 32.1. The number of methoxy groups -OCH3 is 2. The number of benzene rings is 3. The lowest BCUT2D eigenvalue weighted by atomic mass is 9.47. The molecular formula is C37H46N4O4. The van der Waals surface area contributed by atoms with E-state index in [0.29, 0.717) is 0 Å². The van der Waals surface area contributed by atoms with Gasteiger partial charge in [-0.15, -0.1) is 0 Å². The van der Waals surface area contributed by atoms with Crippen molar-refractivity contribution in [2.45, 2.75) is 108 Å². The summed E-state index contributed by atoms with van der Waals surface area (Å²) in [5.41, 5.74) is 22.5. The molecule has 0 aromatic heterocycles. The first-order valence-electron chi connectivity index (χ1n) is 16.1. The van der Waals surface area contributed by atoms with E-state index in [9.17, 15) is 0 Å². The fourth-order valence-corrected chi connectivity index (χ4v) is 9.75. The van der Waals surface area contributed by atoms with Gasteiger partial charge >= 0.3 is 0 Å². The summed E-state index contributed by atoms with van der Waals surface area (Å²) in [7, 11) is 3.43. The minimum absolute atomic E-state index is 0.0159. The van der Waals surface area contributed by atoms with Crippen molar-refractivity contribution in [3.63, 3.8) is 0 Å². The minimum atomic E-state index is -0.196. The molecule has 2 aliphatic heterocycles. The van der Waals surface area contributed by atoms with Crippen LogP contribution in [0, 0.1) is 6.92 Å². The molecule has 1 saturated heterocycles. The molecule has 4 N–H and O–H groups in total. The van der Waals surface area contributed by atoms with Gasteiger partial charge in [-0.2, -0.15) is 11.1 Å². The number of rotatable bonds is 3. The number of fused-ring (bicyclic) bond motifs is 7. The van der Waals surface area contributed by atoms with E-state index in [4.69, 9.17) is 18.9 Å². The highest BCUT2D eigenvalue weighted by atomic mass is 16.6. The normalized spacial score (nSPS) is 25.3. The summed E-state index contributed by atoms with van der Waals surface area (Å²) in [4.78, 5) is 0. The number of ether oxygens (including phenoxy) is 4. The lowest BCUT2D eigenvalue weighted by Gasteiger charge is -2.57. The van der Waals surface area contributed by atoms with Gasteiger partial charge in [-0.25, -0.2) is 10.9 Å². The van der Waals surface area contributed by atoms with Gasteiger partial charge in [0.05, 0.1) is 14.2 Å². The highest BCUT2D eigenvalue weighted by Crippen LogP contribution is 2.68. The van der Waals surface area contributed by atoms with Crippen LogP contribution in [0.1, 0.15) is 119 Å². The second-order valence-electron chi connectivity index (χ2n) is 16.2. The fraction of sp³-hybridized carbons (Fsp3) is 0.514. The number of nitrogens with one attached hydrogen (secondary N) is 4. The molecule has 5 aliphatic rings. The summed E-state index contributed by atoms with van der Waals surface area (Å²) < 4.78 is 25.6. The van der Waals surface area contributed by atoms with Crippen LogP contribution in [0.2, 0.25) is 0 Å². The summed E-state index contributed by atoms with van der Waals surface area (Å²) in [5.74, 6) is 4.69. The van der Waals surface area contributed by atoms with Crippen LogP contribution in [0.5, 0.6) is 34.5 Å². The molecule has 45 heavy (non-hydrogen) atoms. The van der Waals surface area contributed by atoms with Gasteiger partial charge < -0.3 is 18.9 Å². The molecule has 2 heterocycles. The second-order valence-corrected chi connectivity index (χ2v) is 16.2. The standard InChI is InChI=1S/C37H46N4O4/c1-18-28-29(36(8,9)35(28,6)7)27(32-38-40-41-39-32)31-30(18)44-25-13-20-22(15-26(25)45-31)37(17-34(20,4)5)16-33(2,3)19-12-23(42-10)24(43-11)14-21(19)37/h12-15,32,38-41H,16-17H2,1-11H3. The molecule has 8 heteroatoms. The number of hydrazine groups is 3. The molecule has 3 aliphatic carbocycles. The molecule has 3 aromatic rings. The van der Waals surface area contributed by atoms with Gasteiger partial charge in [0.15, 0.2) is 34.5 Å². The van der Waals surface area contributed by atoms with Crippen LogP contribution < -0.4 is 40.9 Å². The summed E-state index contributed by atoms with van der Waals surface area (Å²) in [5, 5.41) is 0. The SMILES string of the molecule is COc1cc2c(cc1OC)C1(CC2(C)C)CC(C)(C)c2cc3c(cc21)Oc1c(c(C)c2c(c1C1NNNN1)C(C)(C)C2(C)C)O3. The van der Waals surface area contributed by atoms with Crippen molar-refractivity contribution in [1.29, 1.82) is 0 Å². The third-order valence-electron chi connectivity index (χ3n) is 12.3. The third-order valence-corrected chi connectivity index (χ3v) is 12.3. The Bertz CT molecular complexity index is 1820. The van der Waals surface area contributed by atoms with Crippen LogP contribution in [0.4, 0.5) is 0 Å². The molecule has 1 fully saturated rings. The van der Waals surface area contributed by atoms with Crippen LogP contribution in [-0.4, -0.2) is 14.2 Å². The topological polar surface area (TPSA) is 85.0 Å². The quantitative estimate of drug-likeness (QED) is 0.193. The Balaban J connectivity index is 1.33. The van der Waals surface area contributed by atoms with Gasteiger partial charge in [-0.1, -0.05) is 55.4 Å². The largest absolute Gasteiger partial charge is 0.493 e. The molecular weight excluding hydrogens is 564 g/mol. The zero-order valence-corrected chi connectivity index (χ0v) is 28.4. The fourth-order valence-electron chi connectivity index (χ4n) is 9.75. The molecule has 0 radical (unpaired) electrons. The first kappa shape index (κ1) is 29.1. The Morgan fingerprint density at radius 2 is 1.11 bits per heavy atom. The molecule has 8 nitrogen and oxygen atoms in total. The Kier molecular flexibility index (Phi) is 5.65. The second kappa shape index (κ2) is 8.73. The monoisotopic (exact) mass is 610 g/mol. The van der Waals surface area contributed by atoms with E-state index in [0.717, 1.165) is 58.5 Å². The van der Waals surface area contributed by atoms with Gasteiger partial charge in [0.1, 0.15) is 6.17 Å². The Morgan fingerprint density at radius 3 is 1.69 bits per heavy atom. The van der Waals surface area contributed by atoms with E-state index in [1.807, 2.05) is 0 Å². The first-order valence-corrected chi connectivity index (χ1v) is 16.1. The van der Waals surface area contributed by atoms with Crippen molar-refractivity contribution in [2.24, 2.45) is 0 Å². The van der Waals surface area contributed by atoms with Gasteiger partial charge in [-0.05, 0) is 105 Å². The molecule has 0 saturated carbocycles. The van der Waals surface area contributed by atoms with Crippen LogP contribution in [0.3, 0.4) is 0 Å². The van der Waals surface area contributed by atoms with Crippen LogP contribution >= 0.6 is 0 Å². The lowest BCUT2D eigenvalue weighted by Crippen LogP contribution is -2.53. The average Bonchev–Trinajstić information content (AvgIpc) is 3.64. The van der Waals surface area contributed by atoms with Crippen molar-refractivity contribution in [3.8, 4) is 34.5 Å². The molecule has 0 bridgehead atoms. The van der Waals surface area contributed by atoms with E-state index in [2.05, 4.69) is 109 Å². The molecule has 1 spiro atoms. The molecule has 1 unspecified atom stereocenters. The Morgan fingerprint density at radius 1 is 0.644 bits per heavy atom. The highest BCUT2D eigenvalue weighted by molar-refractivity contribution is 5.74. The third kappa shape index (κ3) is 3.46. The average molecular weight is 611 g/mol. The maximum atomic E-state index is 7.05. The molecule has 1 atom stereocenters. The Hall–Kier alpha value is -3.30. The van der Waals surface area contributed by atoms with Crippen molar-refractivity contribution in [3.05, 3.63) is 68.8 Å². The van der Waals surface area contributed by atoms with Crippen LogP contribution in [0.15, 0.2) is 24.3 Å². The number of hydrogen-bond acceptors (Lipinski definition) is 8. The number of hydrogen-bond donors (Lipinski definition) is 4. The molecule has 3 aromatic carbocycles. The van der Waals surface area contributed by atoms with Gasteiger partial charge in [0, 0.05) is 11.0 Å². The van der Waals surface area contributed by atoms with Crippen LogP contribution in [0.25, 0.3) is 0 Å². The summed E-state index contributed by atoms with van der Waals surface area (Å²) >= 11 is 0. The predicted octanol–water partition coefficient (Wildman–Crippen LogP) is 7.24. The van der Waals surface area contributed by atoms with Crippen molar-refractivity contribution in [1.82, 2.24) is 21.9 Å². The summed E-state index contributed by atoms with van der Waals surface area (Å²) in [6, 6.07) is 8.96. The van der Waals surface area contributed by atoms with Crippen molar-refractivity contribution >= 4 is 0 Å². The van der Waals surface area contributed by atoms with E-state index in [1.165, 1.54) is 33.4 Å². The van der Waals surface area contributed by atoms with Gasteiger partial charge in [0.25, 0.3) is 0 Å². The van der Waals surface area contributed by atoms with Gasteiger partial charge in [0.2, 0.25) is 0 Å². The van der Waals surface area contributed by atoms with Crippen molar-refractivity contribution < 1.29 is 18.9 Å². The lowest BCUT2D eigenvalue weighted by molar-refractivity contribution is 0.228. The maximum Gasteiger partial charge on any atom is 0.176 e. The highest BCUT2D eigenvalue weighted by Gasteiger charge is 2.59. The van der Waals surface area contributed by atoms with E-state index < -0.39 is 0 Å². The van der Waals surface area contributed by atoms with E-state index >= 15 is 0 Å². The summed E-state index contributed by atoms with van der Waals surface area (Å²) in [6.45, 7) is 21.0. The molecule has 0 amide bonds. The minimum Gasteiger partial charge on any atom is -0.493 e. The zero-order valence-electron chi connectivity index (χ0n) is 28.4. The smallest absolute Gasteiger partial charge is 0.176 e. The predicted molar refractivity (Wildman–Crippen MR) is 175 cm³/mol. The van der Waals surface area contributed by atoms with Crippen molar-refractivity contribution in [2.75, 3.05) is 14.2 Å². The first-order chi connectivity index (χ1) is 21.1. The van der Waals surface area contributed by atoms with E-state index in [1.54, 1.807) is 14.2 Å². The molecule has 8 rings (SSSR count). The molecule has 238 valence electrons. The summed E-state index contributed by atoms with van der Waals surface area (Å²) in [6.07, 6.45) is 1.79. The Labute approximate surface area is 266 Å². The van der Waals surface area contributed by atoms with E-state index in [-0.39, 0.29) is 33.2 Å².